The van der Waals surface area contributed by atoms with Gasteiger partial charge in [-0.15, -0.1) is 0 Å². The molecule has 2 heterocycles. The number of likely N-dealkylation sites (tertiary alicyclic amines) is 1. The van der Waals surface area contributed by atoms with E-state index in [1.165, 1.54) is 6.42 Å². The van der Waals surface area contributed by atoms with Crippen molar-refractivity contribution in [3.8, 4) is 0 Å². The summed E-state index contributed by atoms with van der Waals surface area (Å²) in [5.74, 6) is 0.258. The smallest absolute Gasteiger partial charge is 0.224 e. The van der Waals surface area contributed by atoms with E-state index in [4.69, 9.17) is 0 Å². The number of aryl methyl sites for hydroxylation is 2. The number of amides is 1. The van der Waals surface area contributed by atoms with Gasteiger partial charge in [-0.2, -0.15) is 5.10 Å². The summed E-state index contributed by atoms with van der Waals surface area (Å²) in [7, 11) is 0. The Bertz CT molecular complexity index is 488. The lowest BCUT2D eigenvalue weighted by molar-refractivity contribution is -0.137. The SMILES string of the molecule is Cc1nn(CCC(=O)N2[C@@H](C)CCC[C@@H]2C)c(C)c1Br. The van der Waals surface area contributed by atoms with Gasteiger partial charge in [0.15, 0.2) is 0 Å². The molecular formula is C15H24BrN3O. The molecule has 2 rings (SSSR count). The molecule has 0 aromatic carbocycles. The number of piperidine rings is 1. The third kappa shape index (κ3) is 3.08. The third-order valence-corrected chi connectivity index (χ3v) is 5.46. The second-order valence-corrected chi connectivity index (χ2v) is 6.68. The summed E-state index contributed by atoms with van der Waals surface area (Å²) in [6.45, 7) is 8.98. The van der Waals surface area contributed by atoms with Crippen LogP contribution in [0.4, 0.5) is 0 Å². The average Bonchev–Trinajstić information content (AvgIpc) is 2.63. The van der Waals surface area contributed by atoms with Crippen molar-refractivity contribution >= 4 is 21.8 Å². The number of aromatic nitrogens is 2. The highest BCUT2D eigenvalue weighted by atomic mass is 79.9. The Morgan fingerprint density at radius 2 is 1.90 bits per heavy atom. The number of nitrogens with zero attached hydrogens (tertiary/aromatic N) is 3. The van der Waals surface area contributed by atoms with Gasteiger partial charge in [-0.1, -0.05) is 0 Å². The van der Waals surface area contributed by atoms with Crippen LogP contribution in [-0.2, 0) is 11.3 Å². The van der Waals surface area contributed by atoms with E-state index < -0.39 is 0 Å². The Hall–Kier alpha value is -0.840. The van der Waals surface area contributed by atoms with Crippen molar-refractivity contribution in [3.05, 3.63) is 15.9 Å². The summed E-state index contributed by atoms with van der Waals surface area (Å²) in [6.07, 6.45) is 4.02. The molecule has 112 valence electrons. The number of rotatable bonds is 3. The molecule has 0 unspecified atom stereocenters. The van der Waals surface area contributed by atoms with Gasteiger partial charge in [-0.25, -0.2) is 0 Å². The van der Waals surface area contributed by atoms with Crippen LogP contribution in [0.3, 0.4) is 0 Å². The summed E-state index contributed by atoms with van der Waals surface area (Å²) in [5, 5.41) is 4.46. The van der Waals surface area contributed by atoms with Crippen molar-refractivity contribution in [2.45, 2.75) is 72.0 Å². The van der Waals surface area contributed by atoms with Crippen LogP contribution < -0.4 is 0 Å². The molecule has 1 amide bonds. The van der Waals surface area contributed by atoms with E-state index in [0.717, 1.165) is 28.7 Å². The van der Waals surface area contributed by atoms with Crippen molar-refractivity contribution in [1.29, 1.82) is 0 Å². The third-order valence-electron chi connectivity index (χ3n) is 4.31. The van der Waals surface area contributed by atoms with Crippen LogP contribution in [0.15, 0.2) is 4.47 Å². The van der Waals surface area contributed by atoms with Gasteiger partial charge in [0.05, 0.1) is 16.7 Å². The van der Waals surface area contributed by atoms with Gasteiger partial charge in [0.2, 0.25) is 5.91 Å². The fourth-order valence-corrected chi connectivity index (χ4v) is 3.42. The second-order valence-electron chi connectivity index (χ2n) is 5.89. The Morgan fingerprint density at radius 1 is 1.30 bits per heavy atom. The largest absolute Gasteiger partial charge is 0.337 e. The minimum atomic E-state index is 0.258. The van der Waals surface area contributed by atoms with Gasteiger partial charge >= 0.3 is 0 Å². The molecular weight excluding hydrogens is 318 g/mol. The van der Waals surface area contributed by atoms with Gasteiger partial charge in [0.1, 0.15) is 0 Å². The lowest BCUT2D eigenvalue weighted by Gasteiger charge is -2.39. The molecule has 4 nitrogen and oxygen atoms in total. The van der Waals surface area contributed by atoms with Crippen LogP contribution >= 0.6 is 15.9 Å². The normalized spacial score (nSPS) is 23.1. The molecule has 1 aliphatic rings. The molecule has 5 heteroatoms. The first kappa shape index (κ1) is 15.5. The van der Waals surface area contributed by atoms with Gasteiger partial charge < -0.3 is 4.90 Å². The fraction of sp³-hybridized carbons (Fsp3) is 0.733. The van der Waals surface area contributed by atoms with Crippen molar-refractivity contribution in [1.82, 2.24) is 14.7 Å². The molecule has 0 spiro atoms. The van der Waals surface area contributed by atoms with E-state index in [0.29, 0.717) is 25.0 Å². The maximum atomic E-state index is 12.5. The Morgan fingerprint density at radius 3 is 2.40 bits per heavy atom. The van der Waals surface area contributed by atoms with Gasteiger partial charge in [-0.05, 0) is 62.9 Å². The number of hydrogen-bond acceptors (Lipinski definition) is 2. The average molecular weight is 342 g/mol. The number of carbonyl (C=O) groups is 1. The van der Waals surface area contributed by atoms with Crippen LogP contribution in [-0.4, -0.2) is 32.7 Å². The molecule has 1 fully saturated rings. The van der Waals surface area contributed by atoms with Crippen molar-refractivity contribution in [2.75, 3.05) is 0 Å². The van der Waals surface area contributed by atoms with Crippen LogP contribution in [0.2, 0.25) is 0 Å². The lowest BCUT2D eigenvalue weighted by Crippen LogP contribution is -2.47. The van der Waals surface area contributed by atoms with Gasteiger partial charge in [0.25, 0.3) is 0 Å². The Labute approximate surface area is 129 Å². The van der Waals surface area contributed by atoms with Crippen LogP contribution in [0.25, 0.3) is 0 Å². The topological polar surface area (TPSA) is 38.1 Å². The molecule has 1 aromatic heterocycles. The maximum absolute atomic E-state index is 12.5. The lowest BCUT2D eigenvalue weighted by atomic mass is 9.97. The maximum Gasteiger partial charge on any atom is 0.224 e. The first-order valence-electron chi connectivity index (χ1n) is 7.42. The molecule has 20 heavy (non-hydrogen) atoms. The zero-order valence-corrected chi connectivity index (χ0v) is 14.4. The summed E-state index contributed by atoms with van der Waals surface area (Å²) in [5.41, 5.74) is 2.07. The van der Waals surface area contributed by atoms with E-state index in [2.05, 4.69) is 39.8 Å². The number of halogens is 1. The van der Waals surface area contributed by atoms with Crippen molar-refractivity contribution in [2.24, 2.45) is 0 Å². The first-order chi connectivity index (χ1) is 9.41. The van der Waals surface area contributed by atoms with E-state index in [1.54, 1.807) is 0 Å². The molecule has 0 radical (unpaired) electrons. The molecule has 0 aliphatic carbocycles. The summed E-state index contributed by atoms with van der Waals surface area (Å²) in [6, 6.07) is 0.747. The highest BCUT2D eigenvalue weighted by Gasteiger charge is 2.28. The van der Waals surface area contributed by atoms with Gasteiger partial charge in [-0.3, -0.25) is 9.48 Å². The highest BCUT2D eigenvalue weighted by Crippen LogP contribution is 2.24. The standard InChI is InChI=1S/C15H24BrN3O/c1-10-6-5-7-11(2)19(10)14(20)8-9-18-13(4)15(16)12(3)17-18/h10-11H,5-9H2,1-4H3/t10-,11-/m0/s1. The Kier molecular flexibility index (Phi) is 4.89. The molecule has 2 atom stereocenters. The minimum absolute atomic E-state index is 0.258. The van der Waals surface area contributed by atoms with Crippen LogP contribution in [0.1, 0.15) is 50.9 Å². The van der Waals surface area contributed by atoms with E-state index >= 15 is 0 Å². The quantitative estimate of drug-likeness (QED) is 0.844. The van der Waals surface area contributed by atoms with E-state index in [9.17, 15) is 4.79 Å². The Balaban J connectivity index is 1.99. The monoisotopic (exact) mass is 341 g/mol. The first-order valence-corrected chi connectivity index (χ1v) is 8.21. The molecule has 1 saturated heterocycles. The van der Waals surface area contributed by atoms with Crippen molar-refractivity contribution in [3.63, 3.8) is 0 Å². The summed E-state index contributed by atoms with van der Waals surface area (Å²) < 4.78 is 2.97. The highest BCUT2D eigenvalue weighted by molar-refractivity contribution is 9.10. The molecule has 0 N–H and O–H groups in total. The predicted octanol–water partition coefficient (Wildman–Crippen LogP) is 3.44. The van der Waals surface area contributed by atoms with Crippen LogP contribution in [0.5, 0.6) is 0 Å². The zero-order valence-electron chi connectivity index (χ0n) is 12.8. The zero-order chi connectivity index (χ0) is 14.9. The minimum Gasteiger partial charge on any atom is -0.337 e. The van der Waals surface area contributed by atoms with Gasteiger partial charge in [0, 0.05) is 24.2 Å². The van der Waals surface area contributed by atoms with E-state index in [1.807, 2.05) is 18.5 Å². The summed E-state index contributed by atoms with van der Waals surface area (Å²) in [4.78, 5) is 14.5. The number of hydrogen-bond donors (Lipinski definition) is 0. The molecule has 0 bridgehead atoms. The van der Waals surface area contributed by atoms with E-state index in [-0.39, 0.29) is 5.91 Å². The molecule has 0 saturated carbocycles. The van der Waals surface area contributed by atoms with Crippen LogP contribution in [0, 0.1) is 13.8 Å². The van der Waals surface area contributed by atoms with Crippen molar-refractivity contribution < 1.29 is 4.79 Å². The molecule has 1 aromatic rings. The summed E-state index contributed by atoms with van der Waals surface area (Å²) >= 11 is 3.52. The molecule has 1 aliphatic heterocycles. The fourth-order valence-electron chi connectivity index (χ4n) is 3.14. The second kappa shape index (κ2) is 6.29. The number of carbonyl (C=O) groups excluding carboxylic acids is 1. The predicted molar refractivity (Wildman–Crippen MR) is 83.6 cm³/mol.